The summed E-state index contributed by atoms with van der Waals surface area (Å²) in [6, 6.07) is 31.4. The molecule has 2 heteroatoms. The van der Waals surface area contributed by atoms with Crippen molar-refractivity contribution >= 4 is 11.6 Å². The molecule has 42 heavy (non-hydrogen) atoms. The Kier molecular flexibility index (Phi) is 7.73. The third-order valence-corrected chi connectivity index (χ3v) is 8.60. The van der Waals surface area contributed by atoms with Crippen molar-refractivity contribution in [3.05, 3.63) is 102 Å². The van der Waals surface area contributed by atoms with Gasteiger partial charge >= 0.3 is 0 Å². The Hall–Kier alpha value is -3.65. The van der Waals surface area contributed by atoms with E-state index in [-0.39, 0.29) is 22.2 Å². The summed E-state index contributed by atoms with van der Waals surface area (Å²) in [4.78, 5) is 14.5. The van der Waals surface area contributed by atoms with Gasteiger partial charge in [-0.05, 0) is 97.0 Å². The molecule has 2 nitrogen and oxygen atoms in total. The number of amides is 1. The number of hydrogen-bond acceptors (Lipinski definition) is 1. The summed E-state index contributed by atoms with van der Waals surface area (Å²) in [5, 5.41) is 0. The fourth-order valence-corrected chi connectivity index (χ4v) is 6.28. The standard InChI is InChI=1S/C40H47NO/c1-38(2,3)28-25-32(30-15-10-12-17-34(30)39(4,5)6)37(27-20-22-29(23-21-27)41-24-14-19-36(41)42)33(26-28)31-16-11-13-18-35(31)40(7,8)9/h10-13,15-18,20-23,25-26H,14,19,24H2,1-9H3. The normalized spacial score (nSPS) is 14.5. The van der Waals surface area contributed by atoms with Gasteiger partial charge in [0.2, 0.25) is 5.91 Å². The Balaban J connectivity index is 1.89. The zero-order valence-corrected chi connectivity index (χ0v) is 27.1. The predicted molar refractivity (Wildman–Crippen MR) is 180 cm³/mol. The summed E-state index contributed by atoms with van der Waals surface area (Å²) < 4.78 is 0. The molecule has 4 aromatic rings. The van der Waals surface area contributed by atoms with E-state index in [2.05, 4.69) is 147 Å². The molecule has 1 saturated heterocycles. The minimum absolute atomic E-state index is 0.0188. The maximum atomic E-state index is 12.5. The zero-order valence-electron chi connectivity index (χ0n) is 27.1. The Morgan fingerprint density at radius 2 is 1.05 bits per heavy atom. The van der Waals surface area contributed by atoms with E-state index < -0.39 is 0 Å². The van der Waals surface area contributed by atoms with Gasteiger partial charge in [0.1, 0.15) is 0 Å². The molecule has 0 aliphatic carbocycles. The van der Waals surface area contributed by atoms with E-state index in [1.54, 1.807) is 0 Å². The Bertz CT molecular complexity index is 1520. The van der Waals surface area contributed by atoms with E-state index in [1.165, 1.54) is 50.1 Å². The molecule has 0 saturated carbocycles. The summed E-state index contributed by atoms with van der Waals surface area (Å²) in [6.45, 7) is 21.5. The van der Waals surface area contributed by atoms with Gasteiger partial charge < -0.3 is 4.90 Å². The van der Waals surface area contributed by atoms with Gasteiger partial charge in [-0.3, -0.25) is 4.79 Å². The highest BCUT2D eigenvalue weighted by Gasteiger charge is 2.28. The summed E-state index contributed by atoms with van der Waals surface area (Å²) in [6.07, 6.45) is 1.56. The molecular formula is C40H47NO. The van der Waals surface area contributed by atoms with Crippen LogP contribution in [0.1, 0.15) is 91.8 Å². The third-order valence-electron chi connectivity index (χ3n) is 8.60. The largest absolute Gasteiger partial charge is 0.312 e. The van der Waals surface area contributed by atoms with Crippen molar-refractivity contribution in [1.29, 1.82) is 0 Å². The molecule has 0 radical (unpaired) electrons. The van der Waals surface area contributed by atoms with Crippen molar-refractivity contribution in [2.45, 2.75) is 91.4 Å². The number of nitrogens with zero attached hydrogens (tertiary/aromatic N) is 1. The molecule has 1 aliphatic heterocycles. The molecule has 1 aliphatic rings. The number of rotatable bonds is 4. The number of anilines is 1. The van der Waals surface area contributed by atoms with Gasteiger partial charge in [-0.25, -0.2) is 0 Å². The van der Waals surface area contributed by atoms with Crippen LogP contribution >= 0.6 is 0 Å². The summed E-state index contributed by atoms with van der Waals surface area (Å²) in [7, 11) is 0. The van der Waals surface area contributed by atoms with Crippen LogP contribution in [-0.2, 0) is 21.0 Å². The average molecular weight is 558 g/mol. The molecule has 1 amide bonds. The van der Waals surface area contributed by atoms with Gasteiger partial charge in [-0.15, -0.1) is 0 Å². The highest BCUT2D eigenvalue weighted by atomic mass is 16.2. The smallest absolute Gasteiger partial charge is 0.227 e. The van der Waals surface area contributed by atoms with Crippen LogP contribution in [0.3, 0.4) is 0 Å². The lowest BCUT2D eigenvalue weighted by atomic mass is 9.74. The van der Waals surface area contributed by atoms with Crippen LogP contribution in [0, 0.1) is 0 Å². The predicted octanol–water partition coefficient (Wildman–Crippen LogP) is 10.7. The second-order valence-electron chi connectivity index (χ2n) is 15.0. The Morgan fingerprint density at radius 3 is 1.45 bits per heavy atom. The van der Waals surface area contributed by atoms with Crippen molar-refractivity contribution in [2.75, 3.05) is 11.4 Å². The molecule has 5 rings (SSSR count). The van der Waals surface area contributed by atoms with Crippen LogP contribution in [0.15, 0.2) is 84.9 Å². The van der Waals surface area contributed by atoms with Gasteiger partial charge in [-0.2, -0.15) is 0 Å². The monoisotopic (exact) mass is 557 g/mol. The summed E-state index contributed by atoms with van der Waals surface area (Å²) in [5.74, 6) is 0.219. The lowest BCUT2D eigenvalue weighted by Gasteiger charge is -2.30. The molecule has 0 N–H and O–H groups in total. The fourth-order valence-electron chi connectivity index (χ4n) is 6.28. The highest BCUT2D eigenvalue weighted by molar-refractivity contribution is 5.98. The van der Waals surface area contributed by atoms with E-state index in [0.29, 0.717) is 6.42 Å². The minimum atomic E-state index is -0.0324. The van der Waals surface area contributed by atoms with Crippen LogP contribution < -0.4 is 4.90 Å². The molecule has 4 aromatic carbocycles. The zero-order chi connectivity index (χ0) is 30.4. The van der Waals surface area contributed by atoms with E-state index in [9.17, 15) is 4.79 Å². The van der Waals surface area contributed by atoms with Crippen LogP contribution in [0.5, 0.6) is 0 Å². The lowest BCUT2D eigenvalue weighted by Crippen LogP contribution is -2.23. The van der Waals surface area contributed by atoms with Gasteiger partial charge in [-0.1, -0.05) is 123 Å². The molecule has 0 atom stereocenters. The number of carbonyl (C=O) groups excluding carboxylic acids is 1. The summed E-state index contributed by atoms with van der Waals surface area (Å²) in [5.41, 5.74) is 12.4. The maximum absolute atomic E-state index is 12.5. The molecule has 1 heterocycles. The Labute approximate surface area is 253 Å². The van der Waals surface area contributed by atoms with Gasteiger partial charge in [0, 0.05) is 18.7 Å². The maximum Gasteiger partial charge on any atom is 0.227 e. The first kappa shape index (κ1) is 29.8. The van der Waals surface area contributed by atoms with Crippen molar-refractivity contribution in [2.24, 2.45) is 0 Å². The number of benzene rings is 4. The first-order valence-electron chi connectivity index (χ1n) is 15.5. The van der Waals surface area contributed by atoms with Crippen LogP contribution in [0.2, 0.25) is 0 Å². The topological polar surface area (TPSA) is 20.3 Å². The average Bonchev–Trinajstić information content (AvgIpc) is 3.36. The molecule has 0 unspecified atom stereocenters. The van der Waals surface area contributed by atoms with Crippen molar-refractivity contribution in [3.8, 4) is 33.4 Å². The van der Waals surface area contributed by atoms with Crippen molar-refractivity contribution < 1.29 is 4.79 Å². The quantitative estimate of drug-likeness (QED) is 0.244. The van der Waals surface area contributed by atoms with Crippen LogP contribution in [-0.4, -0.2) is 12.5 Å². The van der Waals surface area contributed by atoms with E-state index in [4.69, 9.17) is 0 Å². The SMILES string of the molecule is CC(C)(C)c1cc(-c2ccccc2C(C)(C)C)c(-c2ccc(N3CCCC3=O)cc2)c(-c2ccccc2C(C)(C)C)c1. The molecule has 1 fully saturated rings. The number of hydrogen-bond donors (Lipinski definition) is 0. The molecule has 218 valence electrons. The molecular weight excluding hydrogens is 510 g/mol. The lowest BCUT2D eigenvalue weighted by molar-refractivity contribution is -0.117. The van der Waals surface area contributed by atoms with Gasteiger partial charge in [0.05, 0.1) is 0 Å². The highest BCUT2D eigenvalue weighted by Crippen LogP contribution is 2.47. The first-order chi connectivity index (χ1) is 19.7. The van der Waals surface area contributed by atoms with Crippen LogP contribution in [0.25, 0.3) is 33.4 Å². The van der Waals surface area contributed by atoms with E-state index in [1.807, 2.05) is 4.90 Å². The fraction of sp³-hybridized carbons (Fsp3) is 0.375. The van der Waals surface area contributed by atoms with Crippen molar-refractivity contribution in [3.63, 3.8) is 0 Å². The van der Waals surface area contributed by atoms with Gasteiger partial charge in [0.15, 0.2) is 0 Å². The molecule has 0 bridgehead atoms. The van der Waals surface area contributed by atoms with Gasteiger partial charge in [0.25, 0.3) is 0 Å². The minimum Gasteiger partial charge on any atom is -0.312 e. The van der Waals surface area contributed by atoms with Crippen molar-refractivity contribution in [1.82, 2.24) is 0 Å². The first-order valence-corrected chi connectivity index (χ1v) is 15.5. The molecule has 0 spiro atoms. The Morgan fingerprint density at radius 1 is 0.571 bits per heavy atom. The van der Waals surface area contributed by atoms with Crippen LogP contribution in [0.4, 0.5) is 5.69 Å². The molecule has 0 aromatic heterocycles. The second-order valence-corrected chi connectivity index (χ2v) is 15.0. The van der Waals surface area contributed by atoms with E-state index in [0.717, 1.165) is 18.7 Å². The second kappa shape index (κ2) is 10.9. The summed E-state index contributed by atoms with van der Waals surface area (Å²) >= 11 is 0. The number of carbonyl (C=O) groups is 1. The van der Waals surface area contributed by atoms with E-state index >= 15 is 0 Å². The third kappa shape index (κ3) is 5.82.